The standard InChI is InChI=1S/C20H30N2O3/c1-3-13(2)20(24)25-16-7-8-21-11-14-9-15(18(21)10-16)12-22-17(14)5-4-6-19(22)23/h3,14-18H,4-12H2,1-2H3/b13-3+/t14-,15-,16+,17-,18-/m1/s1. The highest BCUT2D eigenvalue weighted by Crippen LogP contribution is 2.43. The molecule has 5 nitrogen and oxygen atoms in total. The molecule has 25 heavy (non-hydrogen) atoms. The lowest BCUT2D eigenvalue weighted by Gasteiger charge is -2.57. The van der Waals surface area contributed by atoms with E-state index in [1.165, 1.54) is 12.8 Å². The molecule has 1 amide bonds. The monoisotopic (exact) mass is 346 g/mol. The van der Waals surface area contributed by atoms with E-state index < -0.39 is 0 Å². The second-order valence-corrected chi connectivity index (χ2v) is 8.35. The van der Waals surface area contributed by atoms with Crippen LogP contribution in [-0.4, -0.2) is 59.5 Å². The number of carbonyl (C=O) groups excluding carboxylic acids is 2. The zero-order valence-electron chi connectivity index (χ0n) is 15.4. The first-order chi connectivity index (χ1) is 12.1. The average Bonchev–Trinajstić information content (AvgIpc) is 2.62. The normalized spacial score (nSPS) is 38.8. The van der Waals surface area contributed by atoms with Crippen molar-refractivity contribution < 1.29 is 14.3 Å². The number of hydrogen-bond acceptors (Lipinski definition) is 4. The summed E-state index contributed by atoms with van der Waals surface area (Å²) < 4.78 is 5.74. The fourth-order valence-electron chi connectivity index (χ4n) is 5.52. The highest BCUT2D eigenvalue weighted by molar-refractivity contribution is 5.87. The summed E-state index contributed by atoms with van der Waals surface area (Å²) in [6.45, 7) is 6.73. The smallest absolute Gasteiger partial charge is 0.333 e. The fraction of sp³-hybridized carbons (Fsp3) is 0.800. The van der Waals surface area contributed by atoms with E-state index in [4.69, 9.17) is 4.74 Å². The first-order valence-electron chi connectivity index (χ1n) is 9.94. The number of hydrogen-bond donors (Lipinski definition) is 0. The molecular weight excluding hydrogens is 316 g/mol. The molecule has 4 aliphatic heterocycles. The molecule has 0 unspecified atom stereocenters. The molecule has 0 aliphatic carbocycles. The number of ether oxygens (including phenoxy) is 1. The van der Waals surface area contributed by atoms with Gasteiger partial charge in [0, 0.05) is 50.1 Å². The molecule has 0 saturated carbocycles. The van der Waals surface area contributed by atoms with Crippen LogP contribution < -0.4 is 0 Å². The molecule has 4 aliphatic rings. The van der Waals surface area contributed by atoms with Gasteiger partial charge in [-0.15, -0.1) is 0 Å². The Kier molecular flexibility index (Phi) is 4.61. The lowest BCUT2D eigenvalue weighted by atomic mass is 9.70. The molecular formula is C20H30N2O3. The third kappa shape index (κ3) is 3.12. The minimum absolute atomic E-state index is 0.0231. The number of carbonyl (C=O) groups is 2. The maximum absolute atomic E-state index is 12.4. The quantitative estimate of drug-likeness (QED) is 0.569. The van der Waals surface area contributed by atoms with Crippen molar-refractivity contribution in [1.29, 1.82) is 0 Å². The van der Waals surface area contributed by atoms with Crippen molar-refractivity contribution in [2.45, 2.75) is 70.6 Å². The lowest BCUT2D eigenvalue weighted by Crippen LogP contribution is -2.65. The minimum atomic E-state index is -0.176. The van der Waals surface area contributed by atoms with Crippen LogP contribution in [0.1, 0.15) is 52.4 Å². The summed E-state index contributed by atoms with van der Waals surface area (Å²) in [4.78, 5) is 29.3. The Bertz CT molecular complexity index is 587. The van der Waals surface area contributed by atoms with Gasteiger partial charge in [0.1, 0.15) is 6.10 Å². The molecule has 2 bridgehead atoms. The van der Waals surface area contributed by atoms with Gasteiger partial charge in [0.05, 0.1) is 0 Å². The van der Waals surface area contributed by atoms with Crippen LogP contribution in [0.15, 0.2) is 11.6 Å². The van der Waals surface area contributed by atoms with E-state index in [-0.39, 0.29) is 12.1 Å². The maximum atomic E-state index is 12.4. The van der Waals surface area contributed by atoms with Gasteiger partial charge in [-0.2, -0.15) is 0 Å². The van der Waals surface area contributed by atoms with Crippen LogP contribution >= 0.6 is 0 Å². The third-order valence-corrected chi connectivity index (χ3v) is 6.95. The molecule has 0 spiro atoms. The zero-order chi connectivity index (χ0) is 17.6. The van der Waals surface area contributed by atoms with Gasteiger partial charge < -0.3 is 9.64 Å². The Morgan fingerprint density at radius 3 is 2.76 bits per heavy atom. The first kappa shape index (κ1) is 17.1. The van der Waals surface area contributed by atoms with E-state index in [0.29, 0.717) is 35.4 Å². The predicted molar refractivity (Wildman–Crippen MR) is 94.9 cm³/mol. The largest absolute Gasteiger partial charge is 0.459 e. The molecule has 5 atom stereocenters. The Balaban J connectivity index is 1.44. The van der Waals surface area contributed by atoms with E-state index >= 15 is 0 Å². The number of fused-ring (bicyclic) bond motifs is 6. The first-order valence-corrected chi connectivity index (χ1v) is 9.94. The summed E-state index contributed by atoms with van der Waals surface area (Å²) in [6, 6.07) is 0.940. The van der Waals surface area contributed by atoms with Crippen molar-refractivity contribution in [3.05, 3.63) is 11.6 Å². The van der Waals surface area contributed by atoms with Gasteiger partial charge in [-0.1, -0.05) is 6.08 Å². The predicted octanol–water partition coefficient (Wildman–Crippen LogP) is 2.36. The zero-order valence-corrected chi connectivity index (χ0v) is 15.4. The summed E-state index contributed by atoms with van der Waals surface area (Å²) in [5.74, 6) is 1.37. The van der Waals surface area contributed by atoms with E-state index in [1.807, 2.05) is 19.9 Å². The van der Waals surface area contributed by atoms with E-state index in [1.54, 1.807) is 0 Å². The SMILES string of the molecule is C/C=C(\C)C(=O)O[C@H]1CCN2C[C@H]3C[C@H](CN4C(=O)CCC[C@H]34)[C@H]2C1. The van der Waals surface area contributed by atoms with Crippen LogP contribution in [0.3, 0.4) is 0 Å². The molecule has 4 fully saturated rings. The summed E-state index contributed by atoms with van der Waals surface area (Å²) >= 11 is 0. The van der Waals surface area contributed by atoms with Crippen molar-refractivity contribution in [1.82, 2.24) is 9.80 Å². The highest BCUT2D eigenvalue weighted by Gasteiger charge is 2.49. The molecule has 4 rings (SSSR count). The Morgan fingerprint density at radius 2 is 1.96 bits per heavy atom. The Morgan fingerprint density at radius 1 is 1.16 bits per heavy atom. The van der Waals surface area contributed by atoms with Crippen molar-refractivity contribution in [2.24, 2.45) is 11.8 Å². The van der Waals surface area contributed by atoms with Crippen molar-refractivity contribution in [2.75, 3.05) is 19.6 Å². The number of allylic oxidation sites excluding steroid dienone is 1. The number of esters is 1. The van der Waals surface area contributed by atoms with Crippen molar-refractivity contribution in [3.8, 4) is 0 Å². The third-order valence-electron chi connectivity index (χ3n) is 6.95. The molecule has 0 N–H and O–H groups in total. The van der Waals surface area contributed by atoms with Crippen molar-refractivity contribution in [3.63, 3.8) is 0 Å². The van der Waals surface area contributed by atoms with Crippen LogP contribution in [0.4, 0.5) is 0 Å². The lowest BCUT2D eigenvalue weighted by molar-refractivity contribution is -0.156. The second-order valence-electron chi connectivity index (χ2n) is 8.35. The Hall–Kier alpha value is -1.36. The topological polar surface area (TPSA) is 49.9 Å². The van der Waals surface area contributed by atoms with Crippen LogP contribution in [0.5, 0.6) is 0 Å². The van der Waals surface area contributed by atoms with Crippen molar-refractivity contribution >= 4 is 11.9 Å². The van der Waals surface area contributed by atoms with E-state index in [2.05, 4.69) is 9.80 Å². The van der Waals surface area contributed by atoms with Crippen LogP contribution in [0.2, 0.25) is 0 Å². The summed E-state index contributed by atoms with van der Waals surface area (Å²) in [5.41, 5.74) is 0.686. The van der Waals surface area contributed by atoms with E-state index in [9.17, 15) is 9.59 Å². The van der Waals surface area contributed by atoms with Gasteiger partial charge >= 0.3 is 5.97 Å². The number of nitrogens with zero attached hydrogens (tertiary/aromatic N) is 2. The number of amides is 1. The minimum Gasteiger partial charge on any atom is -0.459 e. The maximum Gasteiger partial charge on any atom is 0.333 e. The molecule has 0 radical (unpaired) electrons. The molecule has 4 saturated heterocycles. The van der Waals surface area contributed by atoms with Crippen LogP contribution in [0, 0.1) is 11.8 Å². The van der Waals surface area contributed by atoms with Gasteiger partial charge in [-0.05, 0) is 51.4 Å². The number of rotatable bonds is 2. The van der Waals surface area contributed by atoms with E-state index in [0.717, 1.165) is 45.3 Å². The van der Waals surface area contributed by atoms with Gasteiger partial charge in [0.25, 0.3) is 0 Å². The fourth-order valence-corrected chi connectivity index (χ4v) is 5.52. The average molecular weight is 346 g/mol. The summed E-state index contributed by atoms with van der Waals surface area (Å²) in [7, 11) is 0. The van der Waals surface area contributed by atoms with Gasteiger partial charge in [-0.25, -0.2) is 4.79 Å². The van der Waals surface area contributed by atoms with Crippen LogP contribution in [-0.2, 0) is 14.3 Å². The number of piperidine rings is 4. The van der Waals surface area contributed by atoms with Crippen LogP contribution in [0.25, 0.3) is 0 Å². The summed E-state index contributed by atoms with van der Waals surface area (Å²) in [5, 5.41) is 0. The Labute approximate surface area is 150 Å². The summed E-state index contributed by atoms with van der Waals surface area (Å²) in [6.07, 6.45) is 7.91. The highest BCUT2D eigenvalue weighted by atomic mass is 16.5. The molecule has 0 aromatic rings. The molecule has 4 heterocycles. The van der Waals surface area contributed by atoms with Gasteiger partial charge in [0.15, 0.2) is 0 Å². The molecule has 0 aromatic carbocycles. The second kappa shape index (κ2) is 6.75. The molecule has 0 aromatic heterocycles. The molecule has 138 valence electrons. The van der Waals surface area contributed by atoms with Gasteiger partial charge in [-0.3, -0.25) is 9.69 Å². The molecule has 5 heteroatoms. The van der Waals surface area contributed by atoms with Gasteiger partial charge in [0.2, 0.25) is 5.91 Å².